The first-order valence-corrected chi connectivity index (χ1v) is 15.6. The van der Waals surface area contributed by atoms with E-state index in [4.69, 9.17) is 32.9 Å². The number of ether oxygens (including phenoxy) is 1. The van der Waals surface area contributed by atoms with Gasteiger partial charge in [0.05, 0.1) is 40.8 Å². The number of aromatic nitrogens is 3. The quantitative estimate of drug-likeness (QED) is 0.237. The molecule has 4 aromatic rings. The van der Waals surface area contributed by atoms with Crippen molar-refractivity contribution >= 4 is 69.0 Å². The Labute approximate surface area is 254 Å². The molecule has 0 radical (unpaired) electrons. The number of carboxylic acid groups (broad SMARTS) is 1. The first-order chi connectivity index (χ1) is 20.2. The van der Waals surface area contributed by atoms with Crippen LogP contribution in [0.2, 0.25) is 10.0 Å². The Bertz CT molecular complexity index is 1800. The maximum atomic E-state index is 16.4. The van der Waals surface area contributed by atoms with E-state index in [1.165, 1.54) is 23.8 Å². The number of thioether (sulfide) groups is 1. The third kappa shape index (κ3) is 3.89. The number of rotatable bonds is 4. The highest BCUT2D eigenvalue weighted by molar-refractivity contribution is 7.98. The number of nitrogens with zero attached hydrogens (tertiary/aromatic N) is 5. The van der Waals surface area contributed by atoms with E-state index in [-0.39, 0.29) is 45.3 Å². The fraction of sp³-hybridized carbons (Fsp3) is 0.379. The Balaban J connectivity index is 1.51. The molecule has 1 aromatic carbocycles. The van der Waals surface area contributed by atoms with Gasteiger partial charge >= 0.3 is 12.2 Å². The maximum Gasteiger partial charge on any atom is 0.410 e. The second-order valence-electron chi connectivity index (χ2n) is 10.9. The topological polar surface area (TPSA) is 101 Å². The van der Waals surface area contributed by atoms with Crippen molar-refractivity contribution in [3.63, 3.8) is 0 Å². The van der Waals surface area contributed by atoms with Crippen LogP contribution in [0.1, 0.15) is 37.0 Å². The predicted molar refractivity (Wildman–Crippen MR) is 159 cm³/mol. The average molecular weight is 631 g/mol. The van der Waals surface area contributed by atoms with Crippen LogP contribution in [0.3, 0.4) is 0 Å². The highest BCUT2D eigenvalue weighted by Crippen LogP contribution is 2.54. The van der Waals surface area contributed by atoms with Crippen LogP contribution in [0.15, 0.2) is 35.5 Å². The van der Waals surface area contributed by atoms with Gasteiger partial charge in [0.25, 0.3) is 0 Å². The van der Waals surface area contributed by atoms with E-state index in [0.29, 0.717) is 29.1 Å². The Morgan fingerprint density at radius 2 is 2.02 bits per heavy atom. The SMILES string of the molecule is COC(=O)N1CCC[C@@H]1c1cc2c(SC)nc3c(F)c(-c4cccc(Cl)c4Cl)ncc3c2n1[C@H]1[C@@H]2C[C@H]1N(C(=O)O)C2. The highest BCUT2D eigenvalue weighted by atomic mass is 35.5. The molecule has 3 aliphatic heterocycles. The minimum Gasteiger partial charge on any atom is -0.465 e. The molecule has 4 aliphatic rings. The van der Waals surface area contributed by atoms with Crippen molar-refractivity contribution in [1.82, 2.24) is 24.3 Å². The van der Waals surface area contributed by atoms with Crippen LogP contribution in [0.5, 0.6) is 0 Å². The van der Waals surface area contributed by atoms with Crippen molar-refractivity contribution in [2.24, 2.45) is 5.92 Å². The number of carbonyl (C=O) groups is 2. The van der Waals surface area contributed by atoms with Crippen LogP contribution in [0.25, 0.3) is 33.1 Å². The summed E-state index contributed by atoms with van der Waals surface area (Å²) in [6.07, 6.45) is 4.40. The zero-order valence-electron chi connectivity index (χ0n) is 22.7. The number of carbonyl (C=O) groups excluding carboxylic acids is 1. The normalized spacial score (nSPS) is 23.2. The van der Waals surface area contributed by atoms with Crippen molar-refractivity contribution in [1.29, 1.82) is 0 Å². The summed E-state index contributed by atoms with van der Waals surface area (Å²) in [6.45, 7) is 0.976. The number of benzene rings is 1. The molecule has 6 heterocycles. The summed E-state index contributed by atoms with van der Waals surface area (Å²) >= 11 is 14.1. The van der Waals surface area contributed by atoms with Crippen molar-refractivity contribution in [3.8, 4) is 11.3 Å². The second-order valence-corrected chi connectivity index (χ2v) is 12.5. The number of hydrogen-bond acceptors (Lipinski definition) is 6. The Morgan fingerprint density at radius 1 is 1.21 bits per heavy atom. The van der Waals surface area contributed by atoms with Crippen LogP contribution >= 0.6 is 35.0 Å². The molecular weight excluding hydrogens is 604 g/mol. The molecule has 42 heavy (non-hydrogen) atoms. The van der Waals surface area contributed by atoms with Crippen molar-refractivity contribution < 1.29 is 23.8 Å². The molecule has 3 saturated heterocycles. The molecule has 1 saturated carbocycles. The second kappa shape index (κ2) is 10.2. The van der Waals surface area contributed by atoms with Crippen LogP contribution < -0.4 is 0 Å². The number of halogens is 3. The van der Waals surface area contributed by atoms with Gasteiger partial charge in [-0.3, -0.25) is 9.88 Å². The molecule has 0 unspecified atom stereocenters. The van der Waals surface area contributed by atoms with Gasteiger partial charge in [0.1, 0.15) is 16.2 Å². The van der Waals surface area contributed by atoms with E-state index in [2.05, 4.69) is 9.55 Å². The van der Waals surface area contributed by atoms with E-state index in [1.54, 1.807) is 29.3 Å². The molecule has 218 valence electrons. The monoisotopic (exact) mass is 629 g/mol. The molecule has 1 N–H and O–H groups in total. The summed E-state index contributed by atoms with van der Waals surface area (Å²) < 4.78 is 23.6. The molecule has 8 rings (SSSR count). The zero-order valence-corrected chi connectivity index (χ0v) is 25.0. The molecule has 9 nitrogen and oxygen atoms in total. The van der Waals surface area contributed by atoms with Gasteiger partial charge in [-0.15, -0.1) is 11.8 Å². The molecule has 1 aliphatic carbocycles. The Morgan fingerprint density at radius 3 is 2.74 bits per heavy atom. The molecule has 2 bridgehead atoms. The first-order valence-electron chi connectivity index (χ1n) is 13.6. The Kier molecular flexibility index (Phi) is 6.67. The standard InChI is InChI=1S/C29H26Cl2FN5O4S/c1-41-29(40)35-8-4-7-18(35)19-10-15-26(37(19)25-13-9-20(25)36(12-13)28(38)39)16-11-33-23(14-5-3-6-17(30)21(14)31)22(32)24(16)34-27(15)42-2/h3,5-6,10-11,13,18,20,25H,4,7-9,12H2,1-2H3,(H,38,39)/t13-,18-,20-,25+/m1/s1. The molecule has 3 aromatic heterocycles. The number of fused-ring (bicyclic) bond motifs is 4. The lowest BCUT2D eigenvalue weighted by Gasteiger charge is -2.40. The molecule has 0 spiro atoms. The van der Waals surface area contributed by atoms with Gasteiger partial charge in [0.15, 0.2) is 5.82 Å². The summed E-state index contributed by atoms with van der Waals surface area (Å²) in [5.41, 5.74) is 2.14. The minimum atomic E-state index is -0.952. The van der Waals surface area contributed by atoms with E-state index >= 15 is 4.39 Å². The predicted octanol–water partition coefficient (Wildman–Crippen LogP) is 7.25. The van der Waals surface area contributed by atoms with Crippen LogP contribution in [-0.2, 0) is 4.74 Å². The summed E-state index contributed by atoms with van der Waals surface area (Å²) in [7, 11) is 1.37. The largest absolute Gasteiger partial charge is 0.465 e. The molecular formula is C29H26Cl2FN5O4S. The summed E-state index contributed by atoms with van der Waals surface area (Å²) in [6, 6.07) is 6.33. The van der Waals surface area contributed by atoms with E-state index in [9.17, 15) is 14.7 Å². The smallest absolute Gasteiger partial charge is 0.410 e. The van der Waals surface area contributed by atoms with Crippen molar-refractivity contribution in [2.75, 3.05) is 26.5 Å². The van der Waals surface area contributed by atoms with Gasteiger partial charge in [-0.05, 0) is 37.7 Å². The minimum absolute atomic E-state index is 0.0423. The lowest BCUT2D eigenvalue weighted by atomic mass is 9.79. The fourth-order valence-electron chi connectivity index (χ4n) is 7.11. The lowest BCUT2D eigenvalue weighted by Crippen LogP contribution is -2.43. The van der Waals surface area contributed by atoms with Gasteiger partial charge in [0.2, 0.25) is 0 Å². The van der Waals surface area contributed by atoms with Crippen LogP contribution in [0.4, 0.5) is 14.0 Å². The Hall–Kier alpha value is -3.28. The molecule has 13 heteroatoms. The summed E-state index contributed by atoms with van der Waals surface area (Å²) in [5, 5.41) is 12.3. The number of hydrogen-bond donors (Lipinski definition) is 1. The number of methoxy groups -OCH3 is 1. The van der Waals surface area contributed by atoms with Crippen LogP contribution in [0, 0.1) is 11.7 Å². The zero-order chi connectivity index (χ0) is 29.4. The van der Waals surface area contributed by atoms with Crippen molar-refractivity contribution in [3.05, 3.63) is 52.0 Å². The lowest BCUT2D eigenvalue weighted by molar-refractivity contribution is 0.112. The summed E-state index contributed by atoms with van der Waals surface area (Å²) in [4.78, 5) is 37.3. The first kappa shape index (κ1) is 27.5. The third-order valence-corrected chi connectivity index (χ3v) is 10.5. The van der Waals surface area contributed by atoms with Gasteiger partial charge in [-0.25, -0.2) is 19.0 Å². The molecule has 2 amide bonds. The van der Waals surface area contributed by atoms with Gasteiger partial charge in [0, 0.05) is 47.2 Å². The van der Waals surface area contributed by atoms with E-state index in [1.807, 2.05) is 12.3 Å². The number of amides is 2. The van der Waals surface area contributed by atoms with Crippen molar-refractivity contribution in [2.45, 2.75) is 42.4 Å². The third-order valence-electron chi connectivity index (χ3n) is 8.96. The average Bonchev–Trinajstić information content (AvgIpc) is 3.77. The van der Waals surface area contributed by atoms with E-state index < -0.39 is 18.0 Å². The number of likely N-dealkylation sites (tertiary alicyclic amines) is 1. The number of pyridine rings is 2. The van der Waals surface area contributed by atoms with E-state index in [0.717, 1.165) is 35.9 Å². The van der Waals surface area contributed by atoms with Crippen LogP contribution in [-0.4, -0.2) is 74.1 Å². The molecule has 4 atom stereocenters. The fourth-order valence-corrected chi connectivity index (χ4v) is 8.06. The highest BCUT2D eigenvalue weighted by Gasteiger charge is 2.56. The summed E-state index contributed by atoms with van der Waals surface area (Å²) in [5.74, 6) is -0.527. The maximum absolute atomic E-state index is 16.4. The van der Waals surface area contributed by atoms with Gasteiger partial charge in [-0.1, -0.05) is 35.3 Å². The van der Waals surface area contributed by atoms with Gasteiger partial charge in [-0.2, -0.15) is 0 Å². The molecule has 4 fully saturated rings. The van der Waals surface area contributed by atoms with Gasteiger partial charge < -0.3 is 19.3 Å².